The summed E-state index contributed by atoms with van der Waals surface area (Å²) in [6, 6.07) is 0. The first kappa shape index (κ1) is 19.2. The molecule has 0 aromatic heterocycles. The molecule has 0 saturated carbocycles. The van der Waals surface area contributed by atoms with E-state index in [1.807, 2.05) is 0 Å². The Morgan fingerprint density at radius 3 is 2.32 bits per heavy atom. The summed E-state index contributed by atoms with van der Waals surface area (Å²) in [5.74, 6) is 1.86. The molecule has 1 aliphatic rings. The lowest BCUT2D eigenvalue weighted by atomic mass is 9.90. The molecule has 116 valence electrons. The third-order valence-corrected chi connectivity index (χ3v) is 4.23. The van der Waals surface area contributed by atoms with Gasteiger partial charge in [0.1, 0.15) is 0 Å². The van der Waals surface area contributed by atoms with Crippen LogP contribution in [-0.4, -0.2) is 36.2 Å². The molecule has 2 nitrogen and oxygen atoms in total. The van der Waals surface area contributed by atoms with Crippen LogP contribution in [0.5, 0.6) is 0 Å². The monoisotopic (exact) mass is 291 g/mol. The Balaban J connectivity index is 0.00000324. The Hall–Kier alpha value is 0.210. The fourth-order valence-corrected chi connectivity index (χ4v) is 2.96. The van der Waals surface area contributed by atoms with Crippen molar-refractivity contribution in [2.75, 3.05) is 26.2 Å². The van der Waals surface area contributed by atoms with Gasteiger partial charge in [0.2, 0.25) is 0 Å². The van der Waals surface area contributed by atoms with Crippen molar-refractivity contribution in [3.8, 4) is 0 Å². The molecule has 0 unspecified atom stereocenters. The number of piperidine rings is 1. The van der Waals surface area contributed by atoms with Gasteiger partial charge in [0, 0.05) is 13.2 Å². The molecule has 0 aromatic rings. The first-order valence-corrected chi connectivity index (χ1v) is 8.05. The average molecular weight is 292 g/mol. The number of halogens is 1. The number of aliphatic hydroxyl groups is 1. The molecule has 19 heavy (non-hydrogen) atoms. The van der Waals surface area contributed by atoms with E-state index in [1.165, 1.54) is 58.0 Å². The number of hydrogen-bond acceptors (Lipinski definition) is 2. The van der Waals surface area contributed by atoms with Gasteiger partial charge >= 0.3 is 0 Å². The molecule has 1 fully saturated rings. The first-order chi connectivity index (χ1) is 8.72. The molecule has 0 aliphatic carbocycles. The molecule has 0 bridgehead atoms. The summed E-state index contributed by atoms with van der Waals surface area (Å²) in [5.41, 5.74) is 0. The lowest BCUT2D eigenvalue weighted by molar-refractivity contribution is 0.162. The van der Waals surface area contributed by atoms with Crippen LogP contribution in [0.4, 0.5) is 0 Å². The van der Waals surface area contributed by atoms with Gasteiger partial charge in [-0.2, -0.15) is 0 Å². The summed E-state index contributed by atoms with van der Waals surface area (Å²) in [6.45, 7) is 8.60. The van der Waals surface area contributed by atoms with Crippen molar-refractivity contribution in [1.82, 2.24) is 4.90 Å². The molecule has 0 spiro atoms. The summed E-state index contributed by atoms with van der Waals surface area (Å²) in [6.07, 6.45) is 10.9. The molecule has 1 rings (SSSR count). The molecule has 0 aromatic carbocycles. The molecular formula is C16H34ClNO. The highest BCUT2D eigenvalue weighted by atomic mass is 35.5. The van der Waals surface area contributed by atoms with Crippen molar-refractivity contribution >= 4 is 12.4 Å². The number of aliphatic hydroxyl groups excluding tert-OH is 1. The van der Waals surface area contributed by atoms with Gasteiger partial charge in [-0.1, -0.05) is 46.0 Å². The van der Waals surface area contributed by atoms with Crippen LogP contribution < -0.4 is 0 Å². The Labute approximate surface area is 126 Å². The smallest absolute Gasteiger partial charge is 0.0443 e. The van der Waals surface area contributed by atoms with E-state index in [2.05, 4.69) is 18.7 Å². The minimum atomic E-state index is 0. The van der Waals surface area contributed by atoms with E-state index in [-0.39, 0.29) is 12.4 Å². The first-order valence-electron chi connectivity index (χ1n) is 8.05. The normalized spacial score (nSPS) is 17.7. The van der Waals surface area contributed by atoms with Crippen LogP contribution >= 0.6 is 12.4 Å². The van der Waals surface area contributed by atoms with Crippen LogP contribution in [-0.2, 0) is 0 Å². The second-order valence-electron chi connectivity index (χ2n) is 6.39. The molecule has 1 heterocycles. The fourth-order valence-electron chi connectivity index (χ4n) is 2.96. The maximum Gasteiger partial charge on any atom is 0.0443 e. The number of rotatable bonds is 9. The Morgan fingerprint density at radius 2 is 1.74 bits per heavy atom. The van der Waals surface area contributed by atoms with Crippen molar-refractivity contribution in [3.05, 3.63) is 0 Å². The van der Waals surface area contributed by atoms with Crippen LogP contribution in [0.1, 0.15) is 65.2 Å². The predicted molar refractivity (Wildman–Crippen MR) is 86.0 cm³/mol. The molecule has 0 atom stereocenters. The Morgan fingerprint density at radius 1 is 1.05 bits per heavy atom. The highest BCUT2D eigenvalue weighted by Gasteiger charge is 2.18. The molecular weight excluding hydrogens is 258 g/mol. The lowest BCUT2D eigenvalue weighted by Crippen LogP contribution is -2.34. The fraction of sp³-hybridized carbons (Fsp3) is 1.00. The third kappa shape index (κ3) is 9.70. The van der Waals surface area contributed by atoms with Crippen molar-refractivity contribution in [1.29, 1.82) is 0 Å². The summed E-state index contributed by atoms with van der Waals surface area (Å²) in [7, 11) is 0. The van der Waals surface area contributed by atoms with Crippen molar-refractivity contribution < 1.29 is 5.11 Å². The standard InChI is InChI=1S/C16H33NO.ClH/c1-15(2)7-4-3-5-8-16-9-12-17(13-10-16)11-6-14-18;/h15-16,18H,3-14H2,1-2H3;1H. The summed E-state index contributed by atoms with van der Waals surface area (Å²) >= 11 is 0. The third-order valence-electron chi connectivity index (χ3n) is 4.23. The number of hydrogen-bond donors (Lipinski definition) is 1. The molecule has 1 saturated heterocycles. The zero-order valence-electron chi connectivity index (χ0n) is 12.9. The predicted octanol–water partition coefficient (Wildman–Crippen LogP) is 4.11. The van der Waals surface area contributed by atoms with Gasteiger partial charge < -0.3 is 10.0 Å². The number of likely N-dealkylation sites (tertiary alicyclic amines) is 1. The quantitative estimate of drug-likeness (QED) is 0.646. The van der Waals surface area contributed by atoms with Crippen LogP contribution in [0.2, 0.25) is 0 Å². The second kappa shape index (κ2) is 12.0. The minimum Gasteiger partial charge on any atom is -0.396 e. The molecule has 0 amide bonds. The van der Waals surface area contributed by atoms with Crippen molar-refractivity contribution in [3.63, 3.8) is 0 Å². The van der Waals surface area contributed by atoms with Gasteiger partial charge in [-0.3, -0.25) is 0 Å². The number of unbranched alkanes of at least 4 members (excludes halogenated alkanes) is 2. The summed E-state index contributed by atoms with van der Waals surface area (Å²) < 4.78 is 0. The lowest BCUT2D eigenvalue weighted by Gasteiger charge is -2.31. The van der Waals surface area contributed by atoms with E-state index in [0.29, 0.717) is 6.61 Å². The van der Waals surface area contributed by atoms with E-state index in [9.17, 15) is 0 Å². The Kier molecular flexibility index (Phi) is 12.1. The van der Waals surface area contributed by atoms with Crippen molar-refractivity contribution in [2.45, 2.75) is 65.2 Å². The SMILES string of the molecule is CC(C)CCCCCC1CCN(CCCO)CC1.Cl. The van der Waals surface area contributed by atoms with E-state index < -0.39 is 0 Å². The maximum absolute atomic E-state index is 8.83. The number of nitrogens with zero attached hydrogens (tertiary/aromatic N) is 1. The van der Waals surface area contributed by atoms with Gasteiger partial charge in [0.05, 0.1) is 0 Å². The summed E-state index contributed by atoms with van der Waals surface area (Å²) in [5, 5.41) is 8.83. The summed E-state index contributed by atoms with van der Waals surface area (Å²) in [4.78, 5) is 2.52. The van der Waals surface area contributed by atoms with E-state index in [4.69, 9.17) is 5.11 Å². The molecule has 1 aliphatic heterocycles. The van der Waals surface area contributed by atoms with Gasteiger partial charge in [-0.05, 0) is 44.2 Å². The molecule has 1 N–H and O–H groups in total. The zero-order valence-corrected chi connectivity index (χ0v) is 13.8. The average Bonchev–Trinajstić information content (AvgIpc) is 2.37. The van der Waals surface area contributed by atoms with Crippen LogP contribution in [0.3, 0.4) is 0 Å². The van der Waals surface area contributed by atoms with Gasteiger partial charge in [0.15, 0.2) is 0 Å². The zero-order chi connectivity index (χ0) is 13.2. The van der Waals surface area contributed by atoms with E-state index in [0.717, 1.165) is 24.8 Å². The highest BCUT2D eigenvalue weighted by Crippen LogP contribution is 2.23. The largest absolute Gasteiger partial charge is 0.396 e. The van der Waals surface area contributed by atoms with Crippen LogP contribution in [0.15, 0.2) is 0 Å². The Bertz CT molecular complexity index is 191. The van der Waals surface area contributed by atoms with Crippen LogP contribution in [0.25, 0.3) is 0 Å². The topological polar surface area (TPSA) is 23.5 Å². The van der Waals surface area contributed by atoms with Gasteiger partial charge in [0.25, 0.3) is 0 Å². The minimum absolute atomic E-state index is 0. The highest BCUT2D eigenvalue weighted by molar-refractivity contribution is 5.85. The van der Waals surface area contributed by atoms with E-state index >= 15 is 0 Å². The van der Waals surface area contributed by atoms with E-state index in [1.54, 1.807) is 0 Å². The van der Waals surface area contributed by atoms with Crippen LogP contribution in [0, 0.1) is 11.8 Å². The molecule has 3 heteroatoms. The molecule has 0 radical (unpaired) electrons. The van der Waals surface area contributed by atoms with Crippen molar-refractivity contribution in [2.24, 2.45) is 11.8 Å². The second-order valence-corrected chi connectivity index (χ2v) is 6.39. The van der Waals surface area contributed by atoms with Gasteiger partial charge in [-0.25, -0.2) is 0 Å². The maximum atomic E-state index is 8.83. The van der Waals surface area contributed by atoms with Gasteiger partial charge in [-0.15, -0.1) is 12.4 Å².